The van der Waals surface area contributed by atoms with Crippen LogP contribution >= 0.6 is 11.3 Å². The Morgan fingerprint density at radius 2 is 1.87 bits per heavy atom. The number of nitrogens with zero attached hydrogens (tertiary/aromatic N) is 6. The highest BCUT2D eigenvalue weighted by Gasteiger charge is 2.34. The summed E-state index contributed by atoms with van der Waals surface area (Å²) in [5.41, 5.74) is 3.45. The van der Waals surface area contributed by atoms with Gasteiger partial charge in [-0.25, -0.2) is 15.0 Å². The molecule has 3 aromatic rings. The summed E-state index contributed by atoms with van der Waals surface area (Å²) >= 11 is 1.75. The number of aromatic nitrogens is 3. The van der Waals surface area contributed by atoms with Crippen LogP contribution in [0.15, 0.2) is 6.33 Å². The number of ether oxygens (including phenoxy) is 2. The number of nitrogens with one attached hydrogen (secondary N) is 1. The van der Waals surface area contributed by atoms with Crippen molar-refractivity contribution < 1.29 is 9.47 Å². The van der Waals surface area contributed by atoms with E-state index >= 15 is 0 Å². The van der Waals surface area contributed by atoms with Gasteiger partial charge in [0.05, 0.1) is 29.0 Å². The van der Waals surface area contributed by atoms with E-state index in [0.29, 0.717) is 18.6 Å². The van der Waals surface area contributed by atoms with Crippen molar-refractivity contribution in [3.8, 4) is 0 Å². The molecule has 0 aliphatic carbocycles. The number of hydrogen-bond acceptors (Lipinski definition) is 10. The van der Waals surface area contributed by atoms with Crippen molar-refractivity contribution >= 4 is 43.4 Å². The van der Waals surface area contributed by atoms with Crippen LogP contribution in [0.2, 0.25) is 0 Å². The minimum Gasteiger partial charge on any atom is -0.381 e. The maximum Gasteiger partial charge on any atom is 0.147 e. The summed E-state index contributed by atoms with van der Waals surface area (Å²) in [6.07, 6.45) is 6.08. The predicted molar refractivity (Wildman–Crippen MR) is 157 cm³/mol. The highest BCUT2D eigenvalue weighted by Crippen LogP contribution is 2.44. The second-order valence-corrected chi connectivity index (χ2v) is 13.5. The molecule has 1 N–H and O–H groups in total. The summed E-state index contributed by atoms with van der Waals surface area (Å²) in [4.78, 5) is 23.4. The van der Waals surface area contributed by atoms with Gasteiger partial charge in [0, 0.05) is 75.8 Å². The van der Waals surface area contributed by atoms with E-state index in [1.54, 1.807) is 17.7 Å². The maximum absolute atomic E-state index is 6.33. The van der Waals surface area contributed by atoms with Gasteiger partial charge in [-0.15, -0.1) is 11.3 Å². The van der Waals surface area contributed by atoms with Gasteiger partial charge in [0.2, 0.25) is 0 Å². The molecule has 9 nitrogen and oxygen atoms in total. The van der Waals surface area contributed by atoms with Crippen molar-refractivity contribution in [2.45, 2.75) is 57.8 Å². The van der Waals surface area contributed by atoms with Crippen LogP contribution in [-0.4, -0.2) is 102 Å². The molecule has 39 heavy (non-hydrogen) atoms. The SMILES string of the molecule is CN1CCN(c2nc3sc4c(NC5CCN(CC6CCOC6)CC5)ncnc4c3c3c2COC(C)(C)C3)CC1. The zero-order valence-corrected chi connectivity index (χ0v) is 24.4. The first-order chi connectivity index (χ1) is 18.9. The monoisotopic (exact) mass is 551 g/mol. The quantitative estimate of drug-likeness (QED) is 0.510. The van der Waals surface area contributed by atoms with E-state index in [0.717, 1.165) is 98.4 Å². The van der Waals surface area contributed by atoms with Crippen LogP contribution < -0.4 is 10.2 Å². The molecular weight excluding hydrogens is 510 g/mol. The lowest BCUT2D eigenvalue weighted by atomic mass is 9.90. The van der Waals surface area contributed by atoms with Crippen molar-refractivity contribution in [3.05, 3.63) is 17.5 Å². The maximum atomic E-state index is 6.33. The van der Waals surface area contributed by atoms with Crippen LogP contribution in [0.1, 0.15) is 44.2 Å². The van der Waals surface area contributed by atoms with Crippen LogP contribution in [-0.2, 0) is 22.5 Å². The third kappa shape index (κ3) is 5.10. The molecule has 3 aromatic heterocycles. The first kappa shape index (κ1) is 25.8. The number of rotatable bonds is 5. The predicted octanol–water partition coefficient (Wildman–Crippen LogP) is 3.76. The molecule has 0 saturated carbocycles. The molecule has 7 rings (SSSR count). The van der Waals surface area contributed by atoms with Crippen molar-refractivity contribution in [2.24, 2.45) is 5.92 Å². The lowest BCUT2D eigenvalue weighted by Gasteiger charge is -2.38. The normalized spacial score (nSPS) is 25.0. The number of piperazine rings is 1. The van der Waals surface area contributed by atoms with E-state index in [1.807, 2.05) is 0 Å². The van der Waals surface area contributed by atoms with Crippen LogP contribution in [0.4, 0.5) is 11.6 Å². The largest absolute Gasteiger partial charge is 0.381 e. The summed E-state index contributed by atoms with van der Waals surface area (Å²) in [7, 11) is 2.20. The molecule has 0 aromatic carbocycles. The van der Waals surface area contributed by atoms with E-state index in [4.69, 9.17) is 24.4 Å². The summed E-state index contributed by atoms with van der Waals surface area (Å²) in [6.45, 7) is 14.4. The third-order valence-electron chi connectivity index (χ3n) is 9.08. The number of thiophene rings is 1. The Kier molecular flexibility index (Phi) is 6.87. The summed E-state index contributed by atoms with van der Waals surface area (Å²) < 4.78 is 13.0. The number of piperidine rings is 1. The minimum absolute atomic E-state index is 0.207. The van der Waals surface area contributed by atoms with Crippen molar-refractivity contribution in [2.75, 3.05) is 76.3 Å². The fraction of sp³-hybridized carbons (Fsp3) is 0.690. The molecule has 0 spiro atoms. The molecule has 4 aliphatic rings. The van der Waals surface area contributed by atoms with Gasteiger partial charge in [-0.05, 0) is 51.6 Å². The van der Waals surface area contributed by atoms with E-state index in [1.165, 1.54) is 29.5 Å². The van der Waals surface area contributed by atoms with Gasteiger partial charge in [0.25, 0.3) is 0 Å². The first-order valence-electron chi connectivity index (χ1n) is 14.7. The highest BCUT2D eigenvalue weighted by molar-refractivity contribution is 7.26. The summed E-state index contributed by atoms with van der Waals surface area (Å²) in [5.74, 6) is 2.78. The van der Waals surface area contributed by atoms with Crippen molar-refractivity contribution in [3.63, 3.8) is 0 Å². The Morgan fingerprint density at radius 3 is 2.64 bits per heavy atom. The van der Waals surface area contributed by atoms with Gasteiger partial charge in [0.1, 0.15) is 22.8 Å². The summed E-state index contributed by atoms with van der Waals surface area (Å²) in [5, 5.41) is 5.02. The van der Waals surface area contributed by atoms with Crippen LogP contribution in [0.25, 0.3) is 20.4 Å². The van der Waals surface area contributed by atoms with E-state index in [2.05, 4.69) is 40.9 Å². The molecule has 0 amide bonds. The molecule has 0 bridgehead atoms. The zero-order chi connectivity index (χ0) is 26.6. The van der Waals surface area contributed by atoms with Gasteiger partial charge in [0.15, 0.2) is 0 Å². The molecule has 1 atom stereocenters. The van der Waals surface area contributed by atoms with Gasteiger partial charge < -0.3 is 29.5 Å². The topological polar surface area (TPSA) is 78.9 Å². The lowest BCUT2D eigenvalue weighted by Crippen LogP contribution is -2.45. The van der Waals surface area contributed by atoms with Crippen LogP contribution in [0.3, 0.4) is 0 Å². The Balaban J connectivity index is 1.19. The Morgan fingerprint density at radius 1 is 1.05 bits per heavy atom. The summed E-state index contributed by atoms with van der Waals surface area (Å²) in [6, 6.07) is 0.430. The molecule has 7 heterocycles. The van der Waals surface area contributed by atoms with Gasteiger partial charge in [-0.3, -0.25) is 0 Å². The van der Waals surface area contributed by atoms with Gasteiger partial charge in [-0.1, -0.05) is 0 Å². The Labute approximate surface area is 234 Å². The fourth-order valence-electron chi connectivity index (χ4n) is 6.72. The molecule has 4 aliphatic heterocycles. The van der Waals surface area contributed by atoms with E-state index < -0.39 is 0 Å². The average molecular weight is 552 g/mol. The number of hydrogen-bond donors (Lipinski definition) is 1. The third-order valence-corrected chi connectivity index (χ3v) is 10.2. The van der Waals surface area contributed by atoms with Gasteiger partial charge in [-0.2, -0.15) is 0 Å². The molecule has 0 radical (unpaired) electrons. The van der Waals surface area contributed by atoms with Crippen molar-refractivity contribution in [1.82, 2.24) is 24.8 Å². The fourth-order valence-corrected chi connectivity index (χ4v) is 7.82. The Bertz CT molecular complexity index is 1340. The van der Waals surface area contributed by atoms with E-state index in [9.17, 15) is 0 Å². The molecule has 3 fully saturated rings. The number of pyridine rings is 1. The molecule has 210 valence electrons. The standard InChI is InChI=1S/C29H41N7O2S/c1-29(2)14-21-22(17-38-29)27(36-11-9-34(3)10-12-36)33-28-23(21)24-25(39-28)26(31-18-30-24)32-20-4-7-35(8-5-20)15-19-6-13-37-16-19/h18-20H,4-17H2,1-3H3,(H,30,31,32). The molecule has 1 unspecified atom stereocenters. The zero-order valence-electron chi connectivity index (χ0n) is 23.5. The average Bonchev–Trinajstić information content (AvgIpc) is 3.57. The minimum atomic E-state index is -0.207. The number of likely N-dealkylation sites (tertiary alicyclic amines) is 1. The lowest BCUT2D eigenvalue weighted by molar-refractivity contribution is -0.0395. The van der Waals surface area contributed by atoms with Crippen LogP contribution in [0.5, 0.6) is 0 Å². The highest BCUT2D eigenvalue weighted by atomic mass is 32.1. The Hall–Kier alpha value is -2.11. The second-order valence-electron chi connectivity index (χ2n) is 12.5. The smallest absolute Gasteiger partial charge is 0.147 e. The number of fused-ring (bicyclic) bond motifs is 5. The molecule has 3 saturated heterocycles. The second kappa shape index (κ2) is 10.4. The van der Waals surface area contributed by atoms with E-state index in [-0.39, 0.29) is 5.60 Å². The first-order valence-corrected chi connectivity index (χ1v) is 15.5. The van der Waals surface area contributed by atoms with Gasteiger partial charge >= 0.3 is 0 Å². The number of anilines is 2. The number of likely N-dealkylation sites (N-methyl/N-ethyl adjacent to an activating group) is 1. The molecular formula is C29H41N7O2S. The molecule has 10 heteroatoms. The van der Waals surface area contributed by atoms with Crippen LogP contribution in [0, 0.1) is 5.92 Å². The van der Waals surface area contributed by atoms with Crippen molar-refractivity contribution in [1.29, 1.82) is 0 Å².